The van der Waals surface area contributed by atoms with Crippen molar-refractivity contribution in [2.45, 2.75) is 18.8 Å². The number of aromatic nitrogens is 2. The molecule has 1 aromatic heterocycles. The van der Waals surface area contributed by atoms with Gasteiger partial charge in [-0.25, -0.2) is 9.07 Å². The monoisotopic (exact) mass is 397 g/mol. The van der Waals surface area contributed by atoms with Crippen molar-refractivity contribution in [1.29, 1.82) is 0 Å². The largest absolute Gasteiger partial charge is 0.352 e. The van der Waals surface area contributed by atoms with Gasteiger partial charge in [0, 0.05) is 38.3 Å². The molecule has 0 aliphatic rings. The minimum absolute atomic E-state index is 0.200. The number of hydrogen-bond donors (Lipinski definition) is 2. The highest BCUT2D eigenvalue weighted by atomic mass is 32.2. The molecule has 0 aliphatic carbocycles. The molecule has 5 nitrogen and oxygen atoms in total. The van der Waals surface area contributed by atoms with Crippen LogP contribution in [0.15, 0.2) is 65.9 Å². The molecule has 2 N–H and O–H groups in total. The van der Waals surface area contributed by atoms with E-state index in [2.05, 4.69) is 32.9 Å². The van der Waals surface area contributed by atoms with Crippen molar-refractivity contribution in [2.24, 2.45) is 4.99 Å². The number of aliphatic imine (C=N–C) groups is 1. The number of hydrogen-bond acceptors (Lipinski definition) is 3. The number of nitrogens with one attached hydrogen (secondary N) is 2. The Morgan fingerprint density at radius 2 is 1.89 bits per heavy atom. The van der Waals surface area contributed by atoms with Gasteiger partial charge in [0.1, 0.15) is 5.82 Å². The maximum absolute atomic E-state index is 13.5. The number of rotatable bonds is 7. The molecule has 0 unspecified atom stereocenters. The van der Waals surface area contributed by atoms with Gasteiger partial charge in [-0.15, -0.1) is 0 Å². The van der Waals surface area contributed by atoms with E-state index in [0.29, 0.717) is 19.0 Å². The lowest BCUT2D eigenvalue weighted by Crippen LogP contribution is -2.36. The minimum atomic E-state index is -0.200. The van der Waals surface area contributed by atoms with Crippen molar-refractivity contribution >= 4 is 17.7 Å². The molecule has 0 saturated heterocycles. The van der Waals surface area contributed by atoms with Crippen LogP contribution in [0.5, 0.6) is 0 Å². The standard InChI is InChI=1S/C21H24FN5S/c1-23-21(25-14-17-6-7-19(22)12-18(17)15-28-2)24-13-16-4-8-20(9-5-16)27-11-3-10-26-27/h3-12H,13-15H2,1-2H3,(H2,23,24,25). The van der Waals surface area contributed by atoms with Crippen molar-refractivity contribution < 1.29 is 4.39 Å². The van der Waals surface area contributed by atoms with E-state index in [1.54, 1.807) is 31.1 Å². The minimum Gasteiger partial charge on any atom is -0.352 e. The van der Waals surface area contributed by atoms with E-state index in [1.165, 1.54) is 6.07 Å². The van der Waals surface area contributed by atoms with Crippen LogP contribution in [0.2, 0.25) is 0 Å². The molecule has 0 saturated carbocycles. The summed E-state index contributed by atoms with van der Waals surface area (Å²) >= 11 is 1.68. The number of benzene rings is 2. The van der Waals surface area contributed by atoms with Crippen LogP contribution in [0.4, 0.5) is 4.39 Å². The molecular weight excluding hydrogens is 373 g/mol. The van der Waals surface area contributed by atoms with Gasteiger partial charge in [0.2, 0.25) is 0 Å². The first kappa shape index (κ1) is 19.9. The van der Waals surface area contributed by atoms with Gasteiger partial charge in [-0.05, 0) is 53.3 Å². The van der Waals surface area contributed by atoms with E-state index in [-0.39, 0.29) is 5.82 Å². The molecule has 28 heavy (non-hydrogen) atoms. The number of guanidine groups is 1. The maximum atomic E-state index is 13.5. The zero-order valence-electron chi connectivity index (χ0n) is 16.0. The average molecular weight is 398 g/mol. The van der Waals surface area contributed by atoms with Crippen molar-refractivity contribution in [3.8, 4) is 5.69 Å². The predicted octanol–water partition coefficient (Wildman–Crippen LogP) is 3.74. The molecule has 3 aromatic rings. The Morgan fingerprint density at radius 1 is 1.11 bits per heavy atom. The molecule has 0 radical (unpaired) electrons. The van der Waals surface area contributed by atoms with Crippen LogP contribution in [0.3, 0.4) is 0 Å². The maximum Gasteiger partial charge on any atom is 0.191 e. The third kappa shape index (κ3) is 5.36. The molecule has 0 spiro atoms. The first-order chi connectivity index (χ1) is 13.7. The van der Waals surface area contributed by atoms with Crippen molar-refractivity contribution in [3.63, 3.8) is 0 Å². The lowest BCUT2D eigenvalue weighted by molar-refractivity contribution is 0.625. The quantitative estimate of drug-likeness (QED) is 0.471. The number of halogens is 1. The van der Waals surface area contributed by atoms with E-state index in [9.17, 15) is 4.39 Å². The van der Waals surface area contributed by atoms with Crippen molar-refractivity contribution in [3.05, 3.63) is 83.4 Å². The second kappa shape index (κ2) is 9.94. The van der Waals surface area contributed by atoms with Crippen LogP contribution >= 0.6 is 11.8 Å². The molecule has 2 aromatic carbocycles. The van der Waals surface area contributed by atoms with E-state index >= 15 is 0 Å². The molecule has 0 bridgehead atoms. The number of nitrogens with zero attached hydrogens (tertiary/aromatic N) is 3. The lowest BCUT2D eigenvalue weighted by atomic mass is 10.1. The molecule has 0 amide bonds. The summed E-state index contributed by atoms with van der Waals surface area (Å²) in [6.07, 6.45) is 5.69. The zero-order chi connectivity index (χ0) is 19.8. The summed E-state index contributed by atoms with van der Waals surface area (Å²) in [4.78, 5) is 4.27. The zero-order valence-corrected chi connectivity index (χ0v) is 16.8. The highest BCUT2D eigenvalue weighted by Gasteiger charge is 2.06. The summed E-state index contributed by atoms with van der Waals surface area (Å²) in [5.41, 5.74) is 4.24. The van der Waals surface area contributed by atoms with Gasteiger partial charge in [-0.1, -0.05) is 18.2 Å². The Hall–Kier alpha value is -2.80. The van der Waals surface area contributed by atoms with Crippen LogP contribution in [0.25, 0.3) is 5.69 Å². The van der Waals surface area contributed by atoms with Crippen molar-refractivity contribution in [2.75, 3.05) is 13.3 Å². The summed E-state index contributed by atoms with van der Waals surface area (Å²) in [6, 6.07) is 15.0. The fraction of sp³-hybridized carbons (Fsp3) is 0.238. The van der Waals surface area contributed by atoms with Gasteiger partial charge in [0.25, 0.3) is 0 Å². The average Bonchev–Trinajstić information content (AvgIpc) is 3.25. The SMILES string of the molecule is CN=C(NCc1ccc(-n2cccn2)cc1)NCc1ccc(F)cc1CSC. The molecular formula is C21H24FN5S. The van der Waals surface area contributed by atoms with Crippen molar-refractivity contribution in [1.82, 2.24) is 20.4 Å². The van der Waals surface area contributed by atoms with Crippen LogP contribution in [-0.4, -0.2) is 29.0 Å². The fourth-order valence-corrected chi connectivity index (χ4v) is 3.41. The van der Waals surface area contributed by atoms with Gasteiger partial charge in [-0.3, -0.25) is 4.99 Å². The summed E-state index contributed by atoms with van der Waals surface area (Å²) < 4.78 is 15.3. The van der Waals surface area contributed by atoms with Crippen LogP contribution < -0.4 is 10.6 Å². The first-order valence-corrected chi connectivity index (χ1v) is 10.4. The van der Waals surface area contributed by atoms with Gasteiger partial charge in [-0.2, -0.15) is 16.9 Å². The molecule has 0 aliphatic heterocycles. The van der Waals surface area contributed by atoms with Gasteiger partial charge < -0.3 is 10.6 Å². The Balaban J connectivity index is 1.55. The third-order valence-electron chi connectivity index (χ3n) is 4.30. The Labute approximate surface area is 169 Å². The highest BCUT2D eigenvalue weighted by molar-refractivity contribution is 7.97. The molecule has 0 atom stereocenters. The number of thioether (sulfide) groups is 1. The Kier molecular flexibility index (Phi) is 7.08. The summed E-state index contributed by atoms with van der Waals surface area (Å²) in [5, 5.41) is 10.8. The molecule has 0 fully saturated rings. The van der Waals surface area contributed by atoms with Gasteiger partial charge >= 0.3 is 0 Å². The predicted molar refractivity (Wildman–Crippen MR) is 114 cm³/mol. The second-order valence-electron chi connectivity index (χ2n) is 6.24. The van der Waals surface area contributed by atoms with E-state index in [1.807, 2.05) is 41.4 Å². The molecule has 146 valence electrons. The molecule has 7 heteroatoms. The van der Waals surface area contributed by atoms with E-state index in [4.69, 9.17) is 0 Å². The first-order valence-electron chi connectivity index (χ1n) is 8.99. The van der Waals surface area contributed by atoms with Crippen LogP contribution in [0, 0.1) is 5.82 Å². The fourth-order valence-electron chi connectivity index (χ4n) is 2.83. The summed E-state index contributed by atoms with van der Waals surface area (Å²) in [7, 11) is 1.74. The lowest BCUT2D eigenvalue weighted by Gasteiger charge is -2.14. The second-order valence-corrected chi connectivity index (χ2v) is 7.11. The molecule has 1 heterocycles. The Bertz CT molecular complexity index is 907. The van der Waals surface area contributed by atoms with Crippen LogP contribution in [0.1, 0.15) is 16.7 Å². The highest BCUT2D eigenvalue weighted by Crippen LogP contribution is 2.16. The van der Waals surface area contributed by atoms with Crippen LogP contribution in [-0.2, 0) is 18.8 Å². The van der Waals surface area contributed by atoms with E-state index in [0.717, 1.165) is 28.1 Å². The van der Waals surface area contributed by atoms with Gasteiger partial charge in [0.15, 0.2) is 5.96 Å². The summed E-state index contributed by atoms with van der Waals surface area (Å²) in [5.74, 6) is 1.29. The third-order valence-corrected chi connectivity index (χ3v) is 4.90. The smallest absolute Gasteiger partial charge is 0.191 e. The van der Waals surface area contributed by atoms with Gasteiger partial charge in [0.05, 0.1) is 5.69 Å². The topological polar surface area (TPSA) is 54.2 Å². The normalized spacial score (nSPS) is 11.5. The summed E-state index contributed by atoms with van der Waals surface area (Å²) in [6.45, 7) is 1.24. The Morgan fingerprint density at radius 3 is 2.57 bits per heavy atom. The van der Waals surface area contributed by atoms with E-state index < -0.39 is 0 Å². The molecule has 3 rings (SSSR count).